The average molecular weight is 330 g/mol. The van der Waals surface area contributed by atoms with Crippen LogP contribution in [-0.2, 0) is 7.05 Å². The van der Waals surface area contributed by atoms with Gasteiger partial charge in [0.25, 0.3) is 0 Å². The van der Waals surface area contributed by atoms with Crippen molar-refractivity contribution >= 4 is 17.3 Å². The molecule has 1 N–H and O–H groups in total. The van der Waals surface area contributed by atoms with Crippen molar-refractivity contribution < 1.29 is 0 Å². The highest BCUT2D eigenvalue weighted by Gasteiger charge is 2.09. The first-order chi connectivity index (χ1) is 11.3. The molecule has 1 aliphatic heterocycles. The fourth-order valence-corrected chi connectivity index (χ4v) is 3.65. The number of aromatic nitrogens is 5. The predicted octanol–water partition coefficient (Wildman–Crippen LogP) is 2.23. The van der Waals surface area contributed by atoms with Gasteiger partial charge in [-0.3, -0.25) is 9.67 Å². The van der Waals surface area contributed by atoms with Crippen LogP contribution < -0.4 is 5.32 Å². The van der Waals surface area contributed by atoms with Crippen LogP contribution in [0.5, 0.6) is 0 Å². The molecule has 0 aliphatic carbocycles. The van der Waals surface area contributed by atoms with E-state index in [0.717, 1.165) is 22.8 Å². The van der Waals surface area contributed by atoms with Crippen LogP contribution >= 0.6 is 11.8 Å². The molecule has 0 spiro atoms. The van der Waals surface area contributed by atoms with Gasteiger partial charge < -0.3 is 5.32 Å². The van der Waals surface area contributed by atoms with Crippen molar-refractivity contribution in [3.8, 4) is 11.3 Å². The summed E-state index contributed by atoms with van der Waals surface area (Å²) >= 11 is 2.07. The minimum Gasteiger partial charge on any atom is -0.316 e. The van der Waals surface area contributed by atoms with Crippen LogP contribution in [0.25, 0.3) is 16.8 Å². The Morgan fingerprint density at radius 1 is 1.26 bits per heavy atom. The Morgan fingerprint density at radius 2 is 2.17 bits per heavy atom. The highest BCUT2D eigenvalue weighted by atomic mass is 32.2. The summed E-state index contributed by atoms with van der Waals surface area (Å²) in [6, 6.07) is 2.72. The minimum absolute atomic E-state index is 0.800. The van der Waals surface area contributed by atoms with Gasteiger partial charge in [-0.1, -0.05) is 0 Å². The summed E-state index contributed by atoms with van der Waals surface area (Å²) in [6.07, 6.45) is 11.9. The molecule has 6 nitrogen and oxygen atoms in total. The van der Waals surface area contributed by atoms with Crippen LogP contribution in [-0.4, -0.2) is 49.0 Å². The first kappa shape index (κ1) is 16.0. The second-order valence-electron chi connectivity index (χ2n) is 5.58. The predicted molar refractivity (Wildman–Crippen MR) is 94.6 cm³/mol. The lowest BCUT2D eigenvalue weighted by molar-refractivity contribution is 0.555. The molecule has 3 aromatic heterocycles. The monoisotopic (exact) mass is 330 g/mol. The van der Waals surface area contributed by atoms with E-state index in [4.69, 9.17) is 0 Å². The van der Waals surface area contributed by atoms with Gasteiger partial charge in [-0.2, -0.15) is 22.0 Å². The lowest BCUT2D eigenvalue weighted by Gasteiger charge is -2.19. The van der Waals surface area contributed by atoms with Gasteiger partial charge in [0, 0.05) is 30.6 Å². The molecule has 23 heavy (non-hydrogen) atoms. The summed E-state index contributed by atoms with van der Waals surface area (Å²) in [5.41, 5.74) is 2.86. The van der Waals surface area contributed by atoms with Gasteiger partial charge in [-0.25, -0.2) is 4.52 Å². The first-order valence-corrected chi connectivity index (χ1v) is 8.95. The lowest BCUT2D eigenvalue weighted by Crippen LogP contribution is -2.30. The van der Waals surface area contributed by atoms with Crippen molar-refractivity contribution in [3.63, 3.8) is 0 Å². The van der Waals surface area contributed by atoms with Crippen molar-refractivity contribution in [2.75, 3.05) is 18.6 Å². The normalized spacial score (nSPS) is 17.7. The van der Waals surface area contributed by atoms with Crippen LogP contribution in [0.15, 0.2) is 37.1 Å². The molecule has 1 unspecified atom stereocenters. The largest absolute Gasteiger partial charge is 0.316 e. The molecule has 0 aromatic carbocycles. The maximum atomic E-state index is 4.35. The highest BCUT2D eigenvalue weighted by molar-refractivity contribution is 7.99. The van der Waals surface area contributed by atoms with E-state index >= 15 is 0 Å². The summed E-state index contributed by atoms with van der Waals surface area (Å²) in [6.45, 7) is 0. The molecule has 0 bridgehead atoms. The van der Waals surface area contributed by atoms with Crippen molar-refractivity contribution in [2.24, 2.45) is 7.05 Å². The number of nitrogens with zero attached hydrogens (tertiary/aromatic N) is 5. The highest BCUT2D eigenvalue weighted by Crippen LogP contribution is 2.16. The van der Waals surface area contributed by atoms with Crippen LogP contribution in [0.1, 0.15) is 12.8 Å². The van der Waals surface area contributed by atoms with E-state index in [1.54, 1.807) is 27.8 Å². The molecule has 122 valence electrons. The van der Waals surface area contributed by atoms with Crippen LogP contribution in [0.4, 0.5) is 0 Å². The van der Waals surface area contributed by atoms with Crippen LogP contribution in [0.3, 0.4) is 0 Å². The van der Waals surface area contributed by atoms with Crippen molar-refractivity contribution in [2.45, 2.75) is 18.9 Å². The smallest absolute Gasteiger partial charge is 0.0917 e. The number of thioether (sulfide) groups is 1. The minimum atomic E-state index is 0.800. The number of aryl methyl sites for hydroxylation is 1. The van der Waals surface area contributed by atoms with Gasteiger partial charge in [0.2, 0.25) is 0 Å². The summed E-state index contributed by atoms with van der Waals surface area (Å²) < 4.78 is 3.56. The molecule has 1 atom stereocenters. The maximum Gasteiger partial charge on any atom is 0.0917 e. The third-order valence-electron chi connectivity index (χ3n) is 3.85. The van der Waals surface area contributed by atoms with Crippen molar-refractivity contribution in [1.82, 2.24) is 29.7 Å². The molecule has 4 heterocycles. The SMILES string of the molecule is CNC1CCCSC1.Cn1cc(-c2cn3nccc3cn2)cn1. The molecule has 0 radical (unpaired) electrons. The van der Waals surface area contributed by atoms with Crippen LogP contribution in [0.2, 0.25) is 0 Å². The Balaban J connectivity index is 0.000000166. The summed E-state index contributed by atoms with van der Waals surface area (Å²) in [7, 11) is 3.94. The molecule has 7 heteroatoms. The fraction of sp³-hybridized carbons (Fsp3) is 0.438. The van der Waals surface area contributed by atoms with Gasteiger partial charge in [-0.15, -0.1) is 0 Å². The Labute approximate surface area is 140 Å². The van der Waals surface area contributed by atoms with E-state index in [9.17, 15) is 0 Å². The average Bonchev–Trinajstić information content (AvgIpc) is 3.24. The molecule has 0 saturated carbocycles. The number of hydrogen-bond donors (Lipinski definition) is 1. The topological polar surface area (TPSA) is 60.0 Å². The van der Waals surface area contributed by atoms with Gasteiger partial charge in [0.15, 0.2) is 0 Å². The van der Waals surface area contributed by atoms with E-state index in [-0.39, 0.29) is 0 Å². The molecule has 0 amide bonds. The molecular formula is C16H22N6S. The first-order valence-electron chi connectivity index (χ1n) is 7.79. The molecule has 1 fully saturated rings. The van der Waals surface area contributed by atoms with E-state index < -0.39 is 0 Å². The molecule has 3 aromatic rings. The van der Waals surface area contributed by atoms with E-state index in [2.05, 4.69) is 39.3 Å². The van der Waals surface area contributed by atoms with Gasteiger partial charge in [-0.05, 0) is 31.7 Å². The van der Waals surface area contributed by atoms with Crippen molar-refractivity contribution in [3.05, 3.63) is 37.1 Å². The van der Waals surface area contributed by atoms with Gasteiger partial charge >= 0.3 is 0 Å². The zero-order valence-corrected chi connectivity index (χ0v) is 14.3. The second kappa shape index (κ2) is 7.61. The van der Waals surface area contributed by atoms with Crippen molar-refractivity contribution in [1.29, 1.82) is 0 Å². The summed E-state index contributed by atoms with van der Waals surface area (Å²) in [5, 5.41) is 11.6. The summed E-state index contributed by atoms with van der Waals surface area (Å²) in [5.74, 6) is 2.69. The van der Waals surface area contributed by atoms with Gasteiger partial charge in [0.05, 0.1) is 36.0 Å². The van der Waals surface area contributed by atoms with Crippen LogP contribution in [0, 0.1) is 0 Å². The fourth-order valence-electron chi connectivity index (χ4n) is 2.49. The summed E-state index contributed by atoms with van der Waals surface area (Å²) in [4.78, 5) is 4.35. The zero-order valence-electron chi connectivity index (χ0n) is 13.5. The Kier molecular flexibility index (Phi) is 5.30. The standard InChI is InChI=1S/C10H9N5.C6H13NS/c1-14-6-8(4-13-14)10-7-15-9(5-11-10)2-3-12-15;1-7-6-3-2-4-8-5-6/h2-7H,1H3;6-7H,2-5H2,1H3. The van der Waals surface area contributed by atoms with E-state index in [1.165, 1.54) is 24.3 Å². The molecule has 1 aliphatic rings. The molecule has 1 saturated heterocycles. The number of hydrogen-bond acceptors (Lipinski definition) is 5. The van der Waals surface area contributed by atoms with Gasteiger partial charge in [0.1, 0.15) is 0 Å². The number of nitrogens with one attached hydrogen (secondary N) is 1. The second-order valence-corrected chi connectivity index (χ2v) is 6.73. The number of fused-ring (bicyclic) bond motifs is 1. The molecule has 4 rings (SSSR count). The lowest BCUT2D eigenvalue weighted by atomic mass is 10.2. The third-order valence-corrected chi connectivity index (χ3v) is 5.07. The van der Waals surface area contributed by atoms with E-state index in [0.29, 0.717) is 0 Å². The quantitative estimate of drug-likeness (QED) is 0.781. The number of rotatable bonds is 2. The Morgan fingerprint density at radius 3 is 2.83 bits per heavy atom. The van der Waals surface area contributed by atoms with E-state index in [1.807, 2.05) is 25.5 Å². The Hall–Kier alpha value is -1.86. The maximum absolute atomic E-state index is 4.35. The molecular weight excluding hydrogens is 308 g/mol. The Bertz CT molecular complexity index is 744. The zero-order chi connectivity index (χ0) is 16.1. The third kappa shape index (κ3) is 4.11.